The lowest BCUT2D eigenvalue weighted by molar-refractivity contribution is -0.139. The van der Waals surface area contributed by atoms with E-state index in [2.05, 4.69) is 9.69 Å². The van der Waals surface area contributed by atoms with Crippen LogP contribution in [0.1, 0.15) is 33.4 Å². The lowest BCUT2D eigenvalue weighted by atomic mass is 9.95. The second kappa shape index (κ2) is 11.2. The topological polar surface area (TPSA) is 56.3 Å². The van der Waals surface area contributed by atoms with Gasteiger partial charge in [-0.1, -0.05) is 42.5 Å². The van der Waals surface area contributed by atoms with Gasteiger partial charge in [-0.15, -0.1) is 0 Å². The van der Waals surface area contributed by atoms with Gasteiger partial charge in [0.25, 0.3) is 11.4 Å². The van der Waals surface area contributed by atoms with Gasteiger partial charge in [0.15, 0.2) is 0 Å². The van der Waals surface area contributed by atoms with E-state index in [0.29, 0.717) is 84.0 Å². The highest BCUT2D eigenvalue weighted by Gasteiger charge is 2.35. The van der Waals surface area contributed by atoms with E-state index in [-0.39, 0.29) is 22.8 Å². The maximum Gasteiger partial charge on any atom is 0.419 e. The number of nitrogens with zero attached hydrogens (tertiary/aromatic N) is 4. The molecule has 0 radical (unpaired) electrons. The first-order valence-electron chi connectivity index (χ1n) is 14.6. The minimum Gasteiger partial charge on any atom is -0.226 e. The van der Waals surface area contributed by atoms with E-state index in [0.717, 1.165) is 12.1 Å². The molecule has 0 N–H and O–H groups in total. The van der Waals surface area contributed by atoms with Crippen molar-refractivity contribution < 1.29 is 22.0 Å². The van der Waals surface area contributed by atoms with Crippen molar-refractivity contribution in [3.05, 3.63) is 164 Å². The average Bonchev–Trinajstić information content (AvgIpc) is 3.57. The molecule has 0 fully saturated rings. The summed E-state index contributed by atoms with van der Waals surface area (Å²) in [6, 6.07) is 25.4. The predicted molar refractivity (Wildman–Crippen MR) is 174 cm³/mol. The van der Waals surface area contributed by atoms with Crippen LogP contribution in [0.4, 0.5) is 22.0 Å². The molecule has 0 unspecified atom stereocenters. The molecule has 0 aliphatic heterocycles. The maximum absolute atomic E-state index is 14.5. The molecule has 0 spiro atoms. The molecule has 2 aliphatic rings. The van der Waals surface area contributed by atoms with E-state index >= 15 is 0 Å². The number of allylic oxidation sites excluding steroid dienone is 2. The molecule has 0 heterocycles. The second-order valence-electron chi connectivity index (χ2n) is 11.5. The van der Waals surface area contributed by atoms with Gasteiger partial charge >= 0.3 is 6.18 Å². The van der Waals surface area contributed by atoms with E-state index in [9.17, 15) is 32.5 Å². The van der Waals surface area contributed by atoms with Crippen LogP contribution in [0.2, 0.25) is 0 Å². The highest BCUT2D eigenvalue weighted by Crippen LogP contribution is 2.54. The molecule has 0 saturated carbocycles. The van der Waals surface area contributed by atoms with Gasteiger partial charge in [0.05, 0.1) is 30.8 Å². The van der Waals surface area contributed by atoms with Crippen molar-refractivity contribution in [1.82, 2.24) is 0 Å². The molecule has 0 amide bonds. The Bertz CT molecular complexity index is 2530. The van der Waals surface area contributed by atoms with Crippen molar-refractivity contribution in [2.75, 3.05) is 0 Å². The molecule has 2 aliphatic carbocycles. The van der Waals surface area contributed by atoms with Crippen molar-refractivity contribution in [3.63, 3.8) is 0 Å². The third-order valence-corrected chi connectivity index (χ3v) is 8.88. The van der Waals surface area contributed by atoms with Crippen LogP contribution in [0.5, 0.6) is 0 Å². The number of rotatable bonds is 2. The molecular weight excluding hydrogens is 631 g/mol. The lowest BCUT2D eigenvalue weighted by Gasteiger charge is -2.11. The molecule has 0 bridgehead atoms. The Labute approximate surface area is 277 Å². The van der Waals surface area contributed by atoms with Crippen LogP contribution in [0.25, 0.3) is 65.3 Å². The Kier molecular flexibility index (Phi) is 7.02. The maximum atomic E-state index is 14.5. The van der Waals surface area contributed by atoms with E-state index in [1.165, 1.54) is 6.07 Å². The van der Waals surface area contributed by atoms with Crippen LogP contribution in [-0.4, -0.2) is 0 Å². The Morgan fingerprint density at radius 3 is 1.37 bits per heavy atom. The van der Waals surface area contributed by atoms with Crippen LogP contribution in [-0.2, 0) is 6.18 Å². The first-order valence-corrected chi connectivity index (χ1v) is 14.6. The van der Waals surface area contributed by atoms with Gasteiger partial charge in [-0.2, -0.15) is 13.2 Å². The third-order valence-electron chi connectivity index (χ3n) is 8.88. The van der Waals surface area contributed by atoms with Crippen molar-refractivity contribution in [2.24, 2.45) is 0 Å². The van der Waals surface area contributed by atoms with Crippen LogP contribution < -0.4 is 0 Å². The van der Waals surface area contributed by atoms with Crippen LogP contribution in [0.3, 0.4) is 0 Å². The smallest absolute Gasteiger partial charge is 0.226 e. The number of benzene rings is 5. The summed E-state index contributed by atoms with van der Waals surface area (Å²) in [5, 5.41) is 20.0. The Balaban J connectivity index is 1.44. The Hall–Kier alpha value is -6.81. The third kappa shape index (κ3) is 4.77. The van der Waals surface area contributed by atoms with Gasteiger partial charge in [-0.05, 0) is 122 Å². The molecule has 232 valence electrons. The monoisotopic (exact) mass is 648 g/mol. The number of fused-ring (bicyclic) bond motifs is 6. The van der Waals surface area contributed by atoms with Gasteiger partial charge in [-0.3, -0.25) is 0 Å². The number of hydrogen-bond acceptors (Lipinski definition) is 2. The number of hydrogen-bond donors (Lipinski definition) is 0. The van der Waals surface area contributed by atoms with Crippen molar-refractivity contribution in [2.45, 2.75) is 13.1 Å². The summed E-state index contributed by atoms with van der Waals surface area (Å²) in [6.45, 7) is 17.2. The van der Waals surface area contributed by atoms with Crippen molar-refractivity contribution in [3.8, 4) is 56.6 Å². The van der Waals surface area contributed by atoms with E-state index in [1.54, 1.807) is 49.4 Å². The van der Waals surface area contributed by atoms with Gasteiger partial charge in [0.2, 0.25) is 0 Å². The lowest BCUT2D eigenvalue weighted by Crippen LogP contribution is -2.07. The zero-order valence-corrected chi connectivity index (χ0v) is 25.3. The average molecular weight is 649 g/mol. The molecule has 9 heteroatoms. The van der Waals surface area contributed by atoms with Crippen molar-refractivity contribution in [1.29, 1.82) is 10.5 Å². The van der Waals surface area contributed by atoms with Crippen LogP contribution >= 0.6 is 0 Å². The largest absolute Gasteiger partial charge is 0.419 e. The van der Waals surface area contributed by atoms with Crippen LogP contribution in [0.15, 0.2) is 96.3 Å². The first-order chi connectivity index (χ1) is 23.5. The molecule has 4 nitrogen and oxygen atoms in total. The minimum absolute atomic E-state index is 0.153. The summed E-state index contributed by atoms with van der Waals surface area (Å²) in [5.74, 6) is -1.80. The zero-order chi connectivity index (χ0) is 34.8. The Morgan fingerprint density at radius 1 is 0.551 bits per heavy atom. The SMILES string of the molecule is [C-]#[N+]/C(C#N)=C1/c2cc(-c3ccc(C(F)(F)F)c(F)c3)ccc2-c2cc3c(cc21)-c1ccc(-c2ccc(C)c(F)c2)cc1/C3=C(/C#N)[N+]#[C-]. The molecule has 0 atom stereocenters. The summed E-state index contributed by atoms with van der Waals surface area (Å²) < 4.78 is 68.7. The fraction of sp³-hybridized carbons (Fsp3) is 0.0500. The number of halogens is 5. The molecule has 49 heavy (non-hydrogen) atoms. The highest BCUT2D eigenvalue weighted by atomic mass is 19.4. The van der Waals surface area contributed by atoms with E-state index < -0.39 is 17.6 Å². The normalized spacial score (nSPS) is 14.3. The fourth-order valence-electron chi connectivity index (χ4n) is 6.56. The molecule has 0 aromatic heterocycles. The first kappa shape index (κ1) is 30.8. The fourth-order valence-corrected chi connectivity index (χ4v) is 6.56. The molecule has 0 saturated heterocycles. The zero-order valence-electron chi connectivity index (χ0n) is 25.3. The molecular formula is C40H17F5N4. The number of aryl methyl sites for hydroxylation is 1. The van der Waals surface area contributed by atoms with E-state index in [4.69, 9.17) is 13.1 Å². The van der Waals surface area contributed by atoms with Gasteiger partial charge in [0.1, 0.15) is 11.6 Å². The predicted octanol–water partition coefficient (Wildman–Crippen LogP) is 11.0. The molecule has 5 aromatic carbocycles. The minimum atomic E-state index is -4.86. The van der Waals surface area contributed by atoms with Crippen molar-refractivity contribution >= 4 is 11.1 Å². The standard InChI is InChI=1S/C40H17F5N4/c1-20-4-5-23(14-34(20)41)21-6-9-25-27-16-32-28(17-31(27)38(29(25)12-21)36(18-46)48-2)26-10-7-22(13-30(26)39(32)37(19-47)49-3)24-8-11-33(35(42)15-24)40(43,44)45/h4-17H,1H3/b38-36+,39-37-. The summed E-state index contributed by atoms with van der Waals surface area (Å²) in [7, 11) is 0. The summed E-state index contributed by atoms with van der Waals surface area (Å²) in [4.78, 5) is 6.98. The number of alkyl halides is 3. The quantitative estimate of drug-likeness (QED) is 0.106. The van der Waals surface area contributed by atoms with Gasteiger partial charge in [-0.25, -0.2) is 29.0 Å². The van der Waals surface area contributed by atoms with E-state index in [1.807, 2.05) is 30.3 Å². The Morgan fingerprint density at radius 2 is 0.959 bits per heavy atom. The number of nitriles is 2. The molecule has 7 rings (SSSR count). The van der Waals surface area contributed by atoms with Gasteiger partial charge < -0.3 is 0 Å². The summed E-state index contributed by atoms with van der Waals surface area (Å²) in [5.41, 5.74) is 5.98. The second-order valence-corrected chi connectivity index (χ2v) is 11.5. The molecule has 5 aromatic rings. The highest BCUT2D eigenvalue weighted by molar-refractivity contribution is 6.11. The van der Waals surface area contributed by atoms with Crippen LogP contribution in [0, 0.1) is 54.4 Å². The summed E-state index contributed by atoms with van der Waals surface area (Å²) >= 11 is 0. The summed E-state index contributed by atoms with van der Waals surface area (Å²) in [6.07, 6.45) is -4.86. The van der Waals surface area contributed by atoms with Gasteiger partial charge in [0, 0.05) is 11.1 Å².